The first-order chi connectivity index (χ1) is 31.9. The maximum atomic E-state index is 3.81. The number of allylic oxidation sites excluding steroid dienone is 17. The van der Waals surface area contributed by atoms with Crippen LogP contribution in [-0.4, -0.2) is 0 Å². The van der Waals surface area contributed by atoms with E-state index in [2.05, 4.69) is 238 Å². The van der Waals surface area contributed by atoms with Gasteiger partial charge in [-0.15, -0.1) is 0 Å². The van der Waals surface area contributed by atoms with E-state index >= 15 is 0 Å². The van der Waals surface area contributed by atoms with Crippen molar-refractivity contribution in [3.05, 3.63) is 280 Å². The van der Waals surface area contributed by atoms with E-state index in [-0.39, 0.29) is 5.41 Å². The van der Waals surface area contributed by atoms with Gasteiger partial charge >= 0.3 is 0 Å². The predicted octanol–water partition coefficient (Wildman–Crippen LogP) is 18.6. The Labute approximate surface area is 397 Å². The summed E-state index contributed by atoms with van der Waals surface area (Å²) in [4.78, 5) is 0. The number of rotatable bonds is 6. The van der Waals surface area contributed by atoms with Crippen LogP contribution in [0.3, 0.4) is 0 Å². The first-order valence-corrected chi connectivity index (χ1v) is 23.4. The molecular weight excluding hydrogens is 793 g/mol. The Kier molecular flexibility index (Phi) is 17.1. The molecular formula is C66H68. The zero-order chi connectivity index (χ0) is 47.1. The van der Waals surface area contributed by atoms with Gasteiger partial charge in [-0.05, 0) is 151 Å². The largest absolute Gasteiger partial charge is 0.0984 e. The fourth-order valence-corrected chi connectivity index (χ4v) is 8.46. The van der Waals surface area contributed by atoms with E-state index in [1.165, 1.54) is 94.6 Å². The SMILES string of the molecule is C=C/C(=C\C=C/C)c1ccc(C)cc1.CC1=CC=C(C2=CCC=CC=C2)C=CC1.Cc1ccc(-c2ccc(C)c(-c3cc4c(cc3C)C(C)(C)c3ccccc3-4)c2)cc1.Cc1ccccc1. The van der Waals surface area contributed by atoms with E-state index in [9.17, 15) is 0 Å². The summed E-state index contributed by atoms with van der Waals surface area (Å²) in [6.45, 7) is 23.5. The molecule has 0 nitrogen and oxygen atoms in total. The topological polar surface area (TPSA) is 0 Å². The Hall–Kier alpha value is -7.02. The summed E-state index contributed by atoms with van der Waals surface area (Å²) in [5.41, 5.74) is 23.9. The smallest absolute Gasteiger partial charge is 0.0158 e. The highest BCUT2D eigenvalue weighted by atomic mass is 14.4. The molecule has 0 heterocycles. The molecule has 0 fully saturated rings. The molecule has 0 radical (unpaired) electrons. The third-order valence-corrected chi connectivity index (χ3v) is 12.5. The lowest BCUT2D eigenvalue weighted by molar-refractivity contribution is 0.660. The normalized spacial score (nSPS) is 14.3. The molecule has 0 unspecified atom stereocenters. The average Bonchev–Trinajstić information content (AvgIpc) is 3.62. The highest BCUT2D eigenvalue weighted by Crippen LogP contribution is 2.50. The highest BCUT2D eigenvalue weighted by molar-refractivity contribution is 5.87. The number of hydrogen-bond acceptors (Lipinski definition) is 0. The molecule has 0 N–H and O–H groups in total. The highest BCUT2D eigenvalue weighted by Gasteiger charge is 2.35. The van der Waals surface area contributed by atoms with Crippen molar-refractivity contribution in [3.63, 3.8) is 0 Å². The molecule has 0 saturated heterocycles. The lowest BCUT2D eigenvalue weighted by atomic mass is 9.81. The molecule has 0 bridgehead atoms. The van der Waals surface area contributed by atoms with E-state index in [1.54, 1.807) is 0 Å². The van der Waals surface area contributed by atoms with Crippen LogP contribution in [0.15, 0.2) is 236 Å². The van der Waals surface area contributed by atoms with Crippen molar-refractivity contribution in [2.45, 2.75) is 80.6 Å². The fraction of sp³-hybridized carbons (Fsp3) is 0.182. The fourth-order valence-electron chi connectivity index (χ4n) is 8.46. The van der Waals surface area contributed by atoms with Crippen molar-refractivity contribution >= 4 is 5.57 Å². The van der Waals surface area contributed by atoms with E-state index in [0.717, 1.165) is 18.4 Å². The van der Waals surface area contributed by atoms with Crippen molar-refractivity contribution < 1.29 is 0 Å². The minimum absolute atomic E-state index is 0.0496. The van der Waals surface area contributed by atoms with Crippen LogP contribution in [0.25, 0.3) is 39.0 Å². The van der Waals surface area contributed by atoms with Crippen LogP contribution in [0.1, 0.15) is 85.0 Å². The van der Waals surface area contributed by atoms with E-state index < -0.39 is 0 Å². The average molecular weight is 861 g/mol. The molecule has 332 valence electrons. The molecule has 0 saturated carbocycles. The van der Waals surface area contributed by atoms with Gasteiger partial charge in [0, 0.05) is 5.41 Å². The predicted molar refractivity (Wildman–Crippen MR) is 291 cm³/mol. The van der Waals surface area contributed by atoms with Crippen LogP contribution in [0.4, 0.5) is 0 Å². The first kappa shape index (κ1) is 48.4. The van der Waals surface area contributed by atoms with Crippen LogP contribution < -0.4 is 0 Å². The number of aryl methyl sites for hydroxylation is 5. The van der Waals surface area contributed by atoms with Crippen LogP contribution in [-0.2, 0) is 5.41 Å². The van der Waals surface area contributed by atoms with Crippen molar-refractivity contribution in [1.29, 1.82) is 0 Å². The third kappa shape index (κ3) is 12.6. The van der Waals surface area contributed by atoms with Crippen LogP contribution in [0.5, 0.6) is 0 Å². The van der Waals surface area contributed by atoms with E-state index in [4.69, 9.17) is 0 Å². The van der Waals surface area contributed by atoms with Crippen molar-refractivity contribution in [2.24, 2.45) is 0 Å². The summed E-state index contributed by atoms with van der Waals surface area (Å²) in [6, 6.07) is 48.1. The molecule has 3 aliphatic carbocycles. The zero-order valence-corrected chi connectivity index (χ0v) is 40.8. The van der Waals surface area contributed by atoms with Gasteiger partial charge in [0.2, 0.25) is 0 Å². The molecule has 0 aromatic heterocycles. The van der Waals surface area contributed by atoms with Gasteiger partial charge in [0.25, 0.3) is 0 Å². The van der Waals surface area contributed by atoms with Crippen molar-refractivity contribution in [1.82, 2.24) is 0 Å². The molecule has 0 aliphatic heterocycles. The summed E-state index contributed by atoms with van der Waals surface area (Å²) >= 11 is 0. The summed E-state index contributed by atoms with van der Waals surface area (Å²) in [6.07, 6.45) is 29.8. The summed E-state index contributed by atoms with van der Waals surface area (Å²) in [5.74, 6) is 0. The molecule has 3 aliphatic rings. The first-order valence-electron chi connectivity index (χ1n) is 23.4. The van der Waals surface area contributed by atoms with Gasteiger partial charge < -0.3 is 0 Å². The second-order valence-electron chi connectivity index (χ2n) is 18.1. The second kappa shape index (κ2) is 23.3. The molecule has 0 amide bonds. The minimum atomic E-state index is 0.0496. The Morgan fingerprint density at radius 2 is 1.20 bits per heavy atom. The van der Waals surface area contributed by atoms with Gasteiger partial charge in [-0.1, -0.05) is 243 Å². The molecule has 9 rings (SSSR count). The van der Waals surface area contributed by atoms with Crippen molar-refractivity contribution in [2.75, 3.05) is 0 Å². The Balaban J connectivity index is 0.000000167. The summed E-state index contributed by atoms with van der Waals surface area (Å²) < 4.78 is 0. The standard InChI is InChI=1S/C30H28.C15H16.C14H16.C7H8/c1-19-10-13-22(14-11-19)23-15-12-20(2)25(17-23)26-18-27-24-8-6-7-9-28(24)30(4,5)29(27)16-21(26)3;1-13-7-6-10-15(12-11-13)14-8-4-2-3-5-9-14;1-4-6-7-13(5-2)14-10-8-12(3)9-11-14;1-7-5-3-2-4-6-7/h6-18H,1-5H3;2-4,6,8-12H,5,7H2,1H3;4-11H,2H2,1,3H3;2-6H,1H3/b;;6-4-,13-7+;. The van der Waals surface area contributed by atoms with Gasteiger partial charge in [0.1, 0.15) is 0 Å². The minimum Gasteiger partial charge on any atom is -0.0984 e. The zero-order valence-electron chi connectivity index (χ0n) is 40.8. The van der Waals surface area contributed by atoms with E-state index in [1.807, 2.05) is 43.4 Å². The maximum absolute atomic E-state index is 3.81. The number of hydrogen-bond donors (Lipinski definition) is 0. The van der Waals surface area contributed by atoms with Crippen molar-refractivity contribution in [3.8, 4) is 33.4 Å². The van der Waals surface area contributed by atoms with Crippen LogP contribution >= 0.6 is 0 Å². The lowest BCUT2D eigenvalue weighted by Gasteiger charge is -2.22. The molecule has 0 atom stereocenters. The Morgan fingerprint density at radius 1 is 0.545 bits per heavy atom. The van der Waals surface area contributed by atoms with Gasteiger partial charge in [0.15, 0.2) is 0 Å². The molecule has 6 aromatic rings. The van der Waals surface area contributed by atoms with Gasteiger partial charge in [0.05, 0.1) is 0 Å². The Bertz CT molecular complexity index is 2850. The second-order valence-corrected chi connectivity index (χ2v) is 18.1. The summed E-state index contributed by atoms with van der Waals surface area (Å²) in [7, 11) is 0. The quantitative estimate of drug-likeness (QED) is 0.146. The molecule has 0 spiro atoms. The van der Waals surface area contributed by atoms with Gasteiger partial charge in [-0.25, -0.2) is 0 Å². The molecule has 0 heteroatoms. The number of benzene rings is 6. The molecule has 6 aromatic carbocycles. The van der Waals surface area contributed by atoms with Gasteiger partial charge in [-0.2, -0.15) is 0 Å². The summed E-state index contributed by atoms with van der Waals surface area (Å²) in [5, 5.41) is 0. The molecule has 66 heavy (non-hydrogen) atoms. The monoisotopic (exact) mass is 861 g/mol. The Morgan fingerprint density at radius 3 is 1.88 bits per heavy atom. The van der Waals surface area contributed by atoms with Crippen LogP contribution in [0.2, 0.25) is 0 Å². The van der Waals surface area contributed by atoms with Crippen LogP contribution in [0, 0.1) is 34.6 Å². The van der Waals surface area contributed by atoms with Gasteiger partial charge in [-0.3, -0.25) is 0 Å². The lowest BCUT2D eigenvalue weighted by Crippen LogP contribution is -2.15. The third-order valence-electron chi connectivity index (χ3n) is 12.5. The number of fused-ring (bicyclic) bond motifs is 3. The maximum Gasteiger partial charge on any atom is 0.0158 e. The van der Waals surface area contributed by atoms with E-state index in [0.29, 0.717) is 0 Å².